The number of hydrogen-bond donors (Lipinski definition) is 0. The Kier molecular flexibility index (Phi) is 3.77. The number of ether oxygens (including phenoxy) is 1. The minimum Gasteiger partial charge on any atom is -0.493 e. The van der Waals surface area contributed by atoms with E-state index in [1.807, 2.05) is 24.3 Å². The van der Waals surface area contributed by atoms with Crippen LogP contribution >= 0.6 is 0 Å². The molecule has 0 atom stereocenters. The molecule has 0 bridgehead atoms. The van der Waals surface area contributed by atoms with Gasteiger partial charge < -0.3 is 4.74 Å². The molecule has 1 aromatic heterocycles. The molecule has 4 nitrogen and oxygen atoms in total. The molecule has 1 heterocycles. The smallest absolute Gasteiger partial charge is 0.138 e. The number of benzene rings is 1. The van der Waals surface area contributed by atoms with E-state index in [-0.39, 0.29) is 0 Å². The molecule has 0 unspecified atom stereocenters. The predicted molar refractivity (Wildman–Crippen MR) is 73.4 cm³/mol. The largest absolute Gasteiger partial charge is 0.493 e. The van der Waals surface area contributed by atoms with Crippen molar-refractivity contribution >= 4 is 0 Å². The van der Waals surface area contributed by atoms with Gasteiger partial charge in [-0.1, -0.05) is 25.3 Å². The van der Waals surface area contributed by atoms with Gasteiger partial charge in [-0.2, -0.15) is 5.10 Å². The monoisotopic (exact) mass is 257 g/mol. The summed E-state index contributed by atoms with van der Waals surface area (Å²) in [5.41, 5.74) is 0.985. The predicted octanol–water partition coefficient (Wildman–Crippen LogP) is 3.23. The molecule has 0 amide bonds. The Morgan fingerprint density at radius 1 is 1.21 bits per heavy atom. The highest BCUT2D eigenvalue weighted by Crippen LogP contribution is 2.25. The third-order valence-electron chi connectivity index (χ3n) is 3.71. The minimum atomic E-state index is 0.726. The van der Waals surface area contributed by atoms with Gasteiger partial charge in [0.15, 0.2) is 0 Å². The SMILES string of the molecule is c1cc(OCC2CCCCC2)cc(-n2cncn2)c1. The molecule has 0 N–H and O–H groups in total. The summed E-state index contributed by atoms with van der Waals surface area (Å²) in [6, 6.07) is 8.01. The van der Waals surface area contributed by atoms with Crippen molar-refractivity contribution in [2.75, 3.05) is 6.61 Å². The lowest BCUT2D eigenvalue weighted by atomic mass is 9.90. The minimum absolute atomic E-state index is 0.726. The molecule has 1 aliphatic rings. The average Bonchev–Trinajstić information content (AvgIpc) is 3.01. The summed E-state index contributed by atoms with van der Waals surface area (Å²) in [5, 5.41) is 4.13. The van der Waals surface area contributed by atoms with Crippen LogP contribution in [0.2, 0.25) is 0 Å². The molecular weight excluding hydrogens is 238 g/mol. The second-order valence-electron chi connectivity index (χ2n) is 5.15. The number of nitrogens with zero attached hydrogens (tertiary/aromatic N) is 3. The van der Waals surface area contributed by atoms with Gasteiger partial charge in [-0.15, -0.1) is 0 Å². The third-order valence-corrected chi connectivity index (χ3v) is 3.71. The molecular formula is C15H19N3O. The van der Waals surface area contributed by atoms with Crippen molar-refractivity contribution in [1.82, 2.24) is 14.8 Å². The highest BCUT2D eigenvalue weighted by molar-refractivity contribution is 5.38. The second kappa shape index (κ2) is 5.87. The van der Waals surface area contributed by atoms with E-state index in [0.29, 0.717) is 0 Å². The maximum absolute atomic E-state index is 5.92. The van der Waals surface area contributed by atoms with Crippen LogP contribution in [0.5, 0.6) is 5.75 Å². The maximum Gasteiger partial charge on any atom is 0.138 e. The van der Waals surface area contributed by atoms with Crippen molar-refractivity contribution in [2.45, 2.75) is 32.1 Å². The van der Waals surface area contributed by atoms with Crippen molar-refractivity contribution in [3.63, 3.8) is 0 Å². The van der Waals surface area contributed by atoms with E-state index in [2.05, 4.69) is 10.1 Å². The first kappa shape index (κ1) is 12.2. The van der Waals surface area contributed by atoms with Crippen molar-refractivity contribution in [3.8, 4) is 11.4 Å². The van der Waals surface area contributed by atoms with Gasteiger partial charge in [0.1, 0.15) is 18.4 Å². The topological polar surface area (TPSA) is 39.9 Å². The highest BCUT2D eigenvalue weighted by atomic mass is 16.5. The molecule has 4 heteroatoms. The molecule has 1 fully saturated rings. The first-order valence-electron chi connectivity index (χ1n) is 7.00. The molecule has 2 aromatic rings. The molecule has 1 aromatic carbocycles. The molecule has 0 spiro atoms. The van der Waals surface area contributed by atoms with Crippen molar-refractivity contribution < 1.29 is 4.74 Å². The van der Waals surface area contributed by atoms with Gasteiger partial charge in [-0.05, 0) is 30.9 Å². The summed E-state index contributed by atoms with van der Waals surface area (Å²) in [6.45, 7) is 0.834. The van der Waals surface area contributed by atoms with Crippen LogP contribution in [0.25, 0.3) is 5.69 Å². The Bertz CT molecular complexity index is 504. The van der Waals surface area contributed by atoms with Gasteiger partial charge in [0, 0.05) is 6.07 Å². The van der Waals surface area contributed by atoms with Crippen molar-refractivity contribution in [2.24, 2.45) is 5.92 Å². The number of rotatable bonds is 4. The van der Waals surface area contributed by atoms with Gasteiger partial charge in [0.05, 0.1) is 12.3 Å². The van der Waals surface area contributed by atoms with E-state index in [0.717, 1.165) is 24.0 Å². The Hall–Kier alpha value is -1.84. The summed E-state index contributed by atoms with van der Waals surface area (Å²) in [6.07, 6.45) is 9.94. The maximum atomic E-state index is 5.92. The summed E-state index contributed by atoms with van der Waals surface area (Å²) < 4.78 is 7.67. The van der Waals surface area contributed by atoms with E-state index in [9.17, 15) is 0 Å². The zero-order valence-electron chi connectivity index (χ0n) is 11.0. The van der Waals surface area contributed by atoms with Gasteiger partial charge >= 0.3 is 0 Å². The van der Waals surface area contributed by atoms with Gasteiger partial charge in [-0.3, -0.25) is 0 Å². The summed E-state index contributed by atoms with van der Waals surface area (Å²) in [5.74, 6) is 1.64. The lowest BCUT2D eigenvalue weighted by molar-refractivity contribution is 0.209. The van der Waals surface area contributed by atoms with Crippen LogP contribution in [0.3, 0.4) is 0 Å². The van der Waals surface area contributed by atoms with E-state index >= 15 is 0 Å². The van der Waals surface area contributed by atoms with Gasteiger partial charge in [-0.25, -0.2) is 9.67 Å². The molecule has 1 saturated carbocycles. The second-order valence-corrected chi connectivity index (χ2v) is 5.15. The molecule has 100 valence electrons. The first-order chi connectivity index (χ1) is 9.42. The lowest BCUT2D eigenvalue weighted by Gasteiger charge is -2.21. The Labute approximate surface area is 113 Å². The molecule has 0 radical (unpaired) electrons. The fourth-order valence-corrected chi connectivity index (χ4v) is 2.63. The summed E-state index contributed by atoms with van der Waals surface area (Å²) >= 11 is 0. The quantitative estimate of drug-likeness (QED) is 0.844. The normalized spacial score (nSPS) is 16.4. The van der Waals surface area contributed by atoms with Crippen LogP contribution in [0.15, 0.2) is 36.9 Å². The molecule has 3 rings (SSSR count). The van der Waals surface area contributed by atoms with Crippen LogP contribution in [-0.4, -0.2) is 21.4 Å². The third kappa shape index (κ3) is 3.13. The Morgan fingerprint density at radius 3 is 2.89 bits per heavy atom. The van der Waals surface area contributed by atoms with Crippen LogP contribution in [0.1, 0.15) is 32.1 Å². The van der Waals surface area contributed by atoms with E-state index < -0.39 is 0 Å². The fraction of sp³-hybridized carbons (Fsp3) is 0.467. The van der Waals surface area contributed by atoms with Crippen LogP contribution in [-0.2, 0) is 0 Å². The fourth-order valence-electron chi connectivity index (χ4n) is 2.63. The summed E-state index contributed by atoms with van der Waals surface area (Å²) in [7, 11) is 0. The van der Waals surface area contributed by atoms with Crippen LogP contribution in [0, 0.1) is 5.92 Å². The molecule has 0 saturated heterocycles. The van der Waals surface area contributed by atoms with Crippen LogP contribution in [0.4, 0.5) is 0 Å². The van der Waals surface area contributed by atoms with Gasteiger partial charge in [0.25, 0.3) is 0 Å². The van der Waals surface area contributed by atoms with Crippen molar-refractivity contribution in [1.29, 1.82) is 0 Å². The zero-order chi connectivity index (χ0) is 12.9. The molecule has 0 aliphatic heterocycles. The molecule has 1 aliphatic carbocycles. The zero-order valence-corrected chi connectivity index (χ0v) is 11.0. The standard InChI is InChI=1S/C15H19N3O/c1-2-5-13(6-3-1)10-19-15-8-4-7-14(9-15)18-12-16-11-17-18/h4,7-9,11-13H,1-3,5-6,10H2. The number of hydrogen-bond acceptors (Lipinski definition) is 3. The number of aromatic nitrogens is 3. The van der Waals surface area contributed by atoms with E-state index in [1.165, 1.54) is 38.4 Å². The highest BCUT2D eigenvalue weighted by Gasteiger charge is 2.14. The van der Waals surface area contributed by atoms with E-state index in [4.69, 9.17) is 4.74 Å². The van der Waals surface area contributed by atoms with Crippen molar-refractivity contribution in [3.05, 3.63) is 36.9 Å². The lowest BCUT2D eigenvalue weighted by Crippen LogP contribution is -2.15. The van der Waals surface area contributed by atoms with E-state index in [1.54, 1.807) is 11.0 Å². The average molecular weight is 257 g/mol. The van der Waals surface area contributed by atoms with Gasteiger partial charge in [0.2, 0.25) is 0 Å². The summed E-state index contributed by atoms with van der Waals surface area (Å²) in [4.78, 5) is 3.96. The Balaban J connectivity index is 1.63. The Morgan fingerprint density at radius 2 is 2.11 bits per heavy atom. The molecule has 19 heavy (non-hydrogen) atoms. The first-order valence-corrected chi connectivity index (χ1v) is 7.00. The van der Waals surface area contributed by atoms with Crippen LogP contribution < -0.4 is 4.74 Å².